The average molecular weight is 443 g/mol. The molecule has 0 aliphatic carbocycles. The summed E-state index contributed by atoms with van der Waals surface area (Å²) >= 11 is 0. The Hall–Kier alpha value is -2.66. The Balaban J connectivity index is 1.48. The molecule has 1 fully saturated rings. The molecule has 0 radical (unpaired) electrons. The van der Waals surface area contributed by atoms with Gasteiger partial charge < -0.3 is 44.7 Å². The van der Waals surface area contributed by atoms with Gasteiger partial charge in [0.25, 0.3) is 5.79 Å². The zero-order valence-electron chi connectivity index (χ0n) is 17.1. The van der Waals surface area contributed by atoms with Crippen LogP contribution in [0.15, 0.2) is 42.6 Å². The molecule has 1 saturated heterocycles. The predicted molar refractivity (Wildman–Crippen MR) is 112 cm³/mol. The molecule has 0 spiro atoms. The number of benzene rings is 2. The van der Waals surface area contributed by atoms with E-state index in [0.29, 0.717) is 18.4 Å². The molecule has 5 rings (SSSR count). The highest BCUT2D eigenvalue weighted by Crippen LogP contribution is 2.37. The quantitative estimate of drug-likeness (QED) is 0.307. The van der Waals surface area contributed by atoms with E-state index in [0.717, 1.165) is 34.4 Å². The van der Waals surface area contributed by atoms with E-state index in [1.54, 1.807) is 12.1 Å². The number of H-pyrrole nitrogens is 1. The van der Waals surface area contributed by atoms with Gasteiger partial charge in [0.1, 0.15) is 23.7 Å². The number of hydrogen-bond acceptors (Lipinski definition) is 8. The van der Waals surface area contributed by atoms with Crippen molar-refractivity contribution in [2.24, 2.45) is 0 Å². The molecule has 170 valence electrons. The molecule has 9 nitrogen and oxygen atoms in total. The molecule has 2 aromatic carbocycles. The molecule has 0 amide bonds. The third-order valence-corrected chi connectivity index (χ3v) is 6.14. The van der Waals surface area contributed by atoms with Crippen molar-refractivity contribution in [3.8, 4) is 11.5 Å². The summed E-state index contributed by atoms with van der Waals surface area (Å²) in [4.78, 5) is 3.17. The zero-order chi connectivity index (χ0) is 22.5. The minimum atomic E-state index is -2.64. The number of ether oxygens (including phenoxy) is 3. The van der Waals surface area contributed by atoms with E-state index in [4.69, 9.17) is 14.2 Å². The van der Waals surface area contributed by atoms with Crippen LogP contribution in [0, 0.1) is 0 Å². The van der Waals surface area contributed by atoms with Crippen molar-refractivity contribution in [1.29, 1.82) is 0 Å². The Morgan fingerprint density at radius 3 is 2.81 bits per heavy atom. The fraction of sp³-hybridized carbons (Fsp3) is 0.391. The first-order chi connectivity index (χ1) is 15.4. The molecule has 0 bridgehead atoms. The van der Waals surface area contributed by atoms with Gasteiger partial charge in [-0.1, -0.05) is 18.2 Å². The summed E-state index contributed by atoms with van der Waals surface area (Å²) in [6.07, 6.45) is -3.55. The third kappa shape index (κ3) is 3.43. The maximum atomic E-state index is 10.9. The molecule has 0 saturated carbocycles. The number of fused-ring (bicyclic) bond motifs is 2. The van der Waals surface area contributed by atoms with Crippen molar-refractivity contribution in [1.82, 2.24) is 4.98 Å². The lowest BCUT2D eigenvalue weighted by Gasteiger charge is -2.45. The summed E-state index contributed by atoms with van der Waals surface area (Å²) in [6.45, 7) is 0.0346. The van der Waals surface area contributed by atoms with Gasteiger partial charge in [0.15, 0.2) is 6.10 Å². The van der Waals surface area contributed by atoms with Crippen molar-refractivity contribution in [2.75, 3.05) is 13.2 Å². The van der Waals surface area contributed by atoms with Gasteiger partial charge in [0.2, 0.25) is 6.29 Å². The number of aromatic amines is 1. The fourth-order valence-corrected chi connectivity index (χ4v) is 4.39. The lowest BCUT2D eigenvalue weighted by atomic mass is 9.95. The molecule has 3 aromatic rings. The van der Waals surface area contributed by atoms with Crippen molar-refractivity contribution >= 4 is 10.9 Å². The van der Waals surface area contributed by atoms with Crippen LogP contribution in [0.1, 0.15) is 16.7 Å². The molecule has 2 aliphatic heterocycles. The van der Waals surface area contributed by atoms with Crippen molar-refractivity contribution < 1.29 is 39.7 Å². The van der Waals surface area contributed by atoms with Crippen LogP contribution in [-0.2, 0) is 17.6 Å². The van der Waals surface area contributed by atoms with Gasteiger partial charge in [0, 0.05) is 23.5 Å². The standard InChI is InChI=1S/C23H25NO8/c25-11-18-20(26)21(27)23(29,22(28)31-18)32-17-3-1-2-15-19(17)14(10-24-15)9-12-4-5-16-13(8-12)6-7-30-16/h1-5,8,10,18,20-22,24-29H,6-7,9,11H2/t18-,20-,21+,22+,23+/m1/s1. The second kappa shape index (κ2) is 8.04. The van der Waals surface area contributed by atoms with Gasteiger partial charge in [0.05, 0.1) is 13.2 Å². The van der Waals surface area contributed by atoms with E-state index in [2.05, 4.69) is 11.1 Å². The smallest absolute Gasteiger partial charge is 0.288 e. The Kier molecular flexibility index (Phi) is 5.32. The molecule has 0 unspecified atom stereocenters. The summed E-state index contributed by atoms with van der Waals surface area (Å²) < 4.78 is 16.3. The third-order valence-electron chi connectivity index (χ3n) is 6.14. The summed E-state index contributed by atoms with van der Waals surface area (Å²) in [6, 6.07) is 11.2. The lowest BCUT2D eigenvalue weighted by Crippen LogP contribution is -2.69. The second-order valence-corrected chi connectivity index (χ2v) is 8.21. The number of aromatic nitrogens is 1. The lowest BCUT2D eigenvalue weighted by molar-refractivity contribution is -0.385. The average Bonchev–Trinajstić information content (AvgIpc) is 3.42. The van der Waals surface area contributed by atoms with Gasteiger partial charge in [-0.2, -0.15) is 0 Å². The normalized spacial score (nSPS) is 29.7. The van der Waals surface area contributed by atoms with Crippen LogP contribution in [-0.4, -0.2) is 74.1 Å². The van der Waals surface area contributed by atoms with Gasteiger partial charge >= 0.3 is 0 Å². The Morgan fingerprint density at radius 2 is 2.00 bits per heavy atom. The van der Waals surface area contributed by atoms with Crippen LogP contribution in [0.5, 0.6) is 11.5 Å². The molecule has 5 atom stereocenters. The Bertz CT molecular complexity index is 1130. The first-order valence-corrected chi connectivity index (χ1v) is 10.5. The highest BCUT2D eigenvalue weighted by molar-refractivity contribution is 5.89. The van der Waals surface area contributed by atoms with Crippen LogP contribution in [0.3, 0.4) is 0 Å². The topological polar surface area (TPSA) is 145 Å². The molecule has 3 heterocycles. The first kappa shape index (κ1) is 21.2. The number of rotatable bonds is 5. The molecule has 1 aromatic heterocycles. The van der Waals surface area contributed by atoms with Crippen LogP contribution in [0.25, 0.3) is 10.9 Å². The summed E-state index contributed by atoms with van der Waals surface area (Å²) in [5, 5.41) is 51.8. The minimum absolute atomic E-state index is 0.196. The highest BCUT2D eigenvalue weighted by Gasteiger charge is 2.57. The summed E-state index contributed by atoms with van der Waals surface area (Å²) in [7, 11) is 0. The predicted octanol–water partition coefficient (Wildman–Crippen LogP) is 0.192. The van der Waals surface area contributed by atoms with Gasteiger partial charge in [-0.3, -0.25) is 0 Å². The minimum Gasteiger partial charge on any atom is -0.493 e. The maximum absolute atomic E-state index is 10.9. The largest absolute Gasteiger partial charge is 0.493 e. The van der Waals surface area contributed by atoms with Crippen LogP contribution < -0.4 is 9.47 Å². The molecule has 32 heavy (non-hydrogen) atoms. The van der Waals surface area contributed by atoms with E-state index in [9.17, 15) is 25.5 Å². The molecular formula is C23H25NO8. The molecule has 9 heteroatoms. The van der Waals surface area contributed by atoms with E-state index >= 15 is 0 Å². The number of aliphatic hydroxyl groups excluding tert-OH is 4. The van der Waals surface area contributed by atoms with Gasteiger partial charge in [-0.25, -0.2) is 0 Å². The van der Waals surface area contributed by atoms with Crippen molar-refractivity contribution in [3.05, 3.63) is 59.3 Å². The van der Waals surface area contributed by atoms with Crippen molar-refractivity contribution in [2.45, 2.75) is 43.2 Å². The van der Waals surface area contributed by atoms with Gasteiger partial charge in [-0.05, 0) is 41.3 Å². The van der Waals surface area contributed by atoms with Crippen LogP contribution >= 0.6 is 0 Å². The summed E-state index contributed by atoms with van der Waals surface area (Å²) in [5.41, 5.74) is 3.85. The maximum Gasteiger partial charge on any atom is 0.288 e. The van der Waals surface area contributed by atoms with Crippen LogP contribution in [0.2, 0.25) is 0 Å². The number of aliphatic hydroxyl groups is 5. The number of hydrogen-bond donors (Lipinski definition) is 6. The molecule has 2 aliphatic rings. The molecule has 6 N–H and O–H groups in total. The molecular weight excluding hydrogens is 418 g/mol. The monoisotopic (exact) mass is 443 g/mol. The van der Waals surface area contributed by atoms with E-state index in [1.165, 1.54) is 0 Å². The van der Waals surface area contributed by atoms with E-state index in [-0.39, 0.29) is 5.75 Å². The highest BCUT2D eigenvalue weighted by atomic mass is 16.7. The zero-order valence-corrected chi connectivity index (χ0v) is 17.1. The second-order valence-electron chi connectivity index (χ2n) is 8.21. The van der Waals surface area contributed by atoms with E-state index < -0.39 is 37.0 Å². The fourth-order valence-electron chi connectivity index (χ4n) is 4.39. The Labute approximate surface area is 183 Å². The SMILES string of the molecule is OC[C@H]1O[C@H](O)[C@@](O)(Oc2cccc3[nH]cc(Cc4ccc5c(c4)CCO5)c23)[C@@H](O)[C@@H]1O. The van der Waals surface area contributed by atoms with Gasteiger partial charge in [-0.15, -0.1) is 0 Å². The first-order valence-electron chi connectivity index (χ1n) is 10.5. The van der Waals surface area contributed by atoms with Crippen LogP contribution in [0.4, 0.5) is 0 Å². The number of nitrogens with one attached hydrogen (secondary N) is 1. The Morgan fingerprint density at radius 1 is 1.16 bits per heavy atom. The van der Waals surface area contributed by atoms with E-state index in [1.807, 2.05) is 24.4 Å². The summed E-state index contributed by atoms with van der Waals surface area (Å²) in [5.74, 6) is -1.54. The van der Waals surface area contributed by atoms with Crippen molar-refractivity contribution in [3.63, 3.8) is 0 Å².